The average Bonchev–Trinajstić information content (AvgIpc) is 2.66. The molecule has 0 aliphatic rings. The summed E-state index contributed by atoms with van der Waals surface area (Å²) in [5.74, 6) is 0.201. The summed E-state index contributed by atoms with van der Waals surface area (Å²) >= 11 is 0. The van der Waals surface area contributed by atoms with E-state index in [1.54, 1.807) is 10.9 Å². The van der Waals surface area contributed by atoms with Gasteiger partial charge in [0.05, 0.1) is 12.7 Å². The first-order chi connectivity index (χ1) is 7.54. The van der Waals surface area contributed by atoms with Gasteiger partial charge in [-0.25, -0.2) is 0 Å². The van der Waals surface area contributed by atoms with Crippen LogP contribution in [-0.2, 0) is 6.54 Å². The second-order valence-electron chi connectivity index (χ2n) is 4.16. The highest BCUT2D eigenvalue weighted by Gasteiger charge is 2.15. The Hall–Kier alpha value is -1.43. The van der Waals surface area contributed by atoms with E-state index < -0.39 is 0 Å². The minimum atomic E-state index is -0.190. The first-order valence-electron chi connectivity index (χ1n) is 5.45. The third kappa shape index (κ3) is 3.30. The summed E-state index contributed by atoms with van der Waals surface area (Å²) in [6, 6.07) is 0.118. The van der Waals surface area contributed by atoms with Gasteiger partial charge < -0.3 is 11.1 Å². The quantitative estimate of drug-likeness (QED) is 0.739. The van der Waals surface area contributed by atoms with E-state index in [0.717, 1.165) is 0 Å². The van der Waals surface area contributed by atoms with Gasteiger partial charge in [-0.3, -0.25) is 9.48 Å². The number of nitrogens with one attached hydrogen (secondary N) is 1. The number of hydrogen-bond acceptors (Lipinski definition) is 4. The molecule has 0 saturated heterocycles. The molecule has 6 nitrogen and oxygen atoms in total. The van der Waals surface area contributed by atoms with Crippen LogP contribution in [0, 0.1) is 5.92 Å². The van der Waals surface area contributed by atoms with Crippen LogP contribution in [0.4, 0.5) is 0 Å². The molecule has 1 unspecified atom stereocenters. The Kier molecular flexibility index (Phi) is 4.42. The summed E-state index contributed by atoms with van der Waals surface area (Å²) in [6.07, 6.45) is 1.61. The molecule has 0 spiro atoms. The van der Waals surface area contributed by atoms with Crippen LogP contribution in [0.3, 0.4) is 0 Å². The summed E-state index contributed by atoms with van der Waals surface area (Å²) in [6.45, 7) is 7.12. The molecule has 3 N–H and O–H groups in total. The number of carbonyl (C=O) groups is 1. The zero-order chi connectivity index (χ0) is 12.1. The third-order valence-corrected chi connectivity index (χ3v) is 2.49. The molecule has 1 aromatic heterocycles. The van der Waals surface area contributed by atoms with Crippen molar-refractivity contribution >= 4 is 5.91 Å². The van der Waals surface area contributed by atoms with Crippen molar-refractivity contribution in [2.75, 3.05) is 6.54 Å². The van der Waals surface area contributed by atoms with Crippen LogP contribution in [0.15, 0.2) is 6.20 Å². The topological polar surface area (TPSA) is 85.8 Å². The molecule has 0 aromatic carbocycles. The molecule has 0 saturated carbocycles. The normalized spacial score (nSPS) is 12.8. The zero-order valence-corrected chi connectivity index (χ0v) is 9.97. The predicted molar refractivity (Wildman–Crippen MR) is 60.8 cm³/mol. The standard InChI is InChI=1S/C10H19N5O/c1-7(2)8(3)12-10(16)9-6-15(5-4-11)14-13-9/h6-8H,4-5,11H2,1-3H3,(H,12,16). The fraction of sp³-hybridized carbons (Fsp3) is 0.700. The molecule has 16 heavy (non-hydrogen) atoms. The third-order valence-electron chi connectivity index (χ3n) is 2.49. The van der Waals surface area contributed by atoms with Crippen LogP contribution >= 0.6 is 0 Å². The summed E-state index contributed by atoms with van der Waals surface area (Å²) in [5, 5.41) is 10.5. The maximum atomic E-state index is 11.7. The highest BCUT2D eigenvalue weighted by Crippen LogP contribution is 2.01. The van der Waals surface area contributed by atoms with Crippen molar-refractivity contribution in [2.45, 2.75) is 33.4 Å². The molecule has 1 rings (SSSR count). The number of hydrogen-bond donors (Lipinski definition) is 2. The second-order valence-corrected chi connectivity index (χ2v) is 4.16. The molecule has 1 aromatic rings. The molecular weight excluding hydrogens is 206 g/mol. The van der Waals surface area contributed by atoms with Crippen LogP contribution in [0.5, 0.6) is 0 Å². The van der Waals surface area contributed by atoms with E-state index >= 15 is 0 Å². The van der Waals surface area contributed by atoms with Crippen molar-refractivity contribution < 1.29 is 4.79 Å². The van der Waals surface area contributed by atoms with Crippen molar-refractivity contribution in [1.82, 2.24) is 20.3 Å². The summed E-state index contributed by atoms with van der Waals surface area (Å²) < 4.78 is 1.56. The van der Waals surface area contributed by atoms with Gasteiger partial charge in [-0.15, -0.1) is 5.10 Å². The fourth-order valence-electron chi connectivity index (χ4n) is 1.09. The van der Waals surface area contributed by atoms with Crippen LogP contribution < -0.4 is 11.1 Å². The maximum absolute atomic E-state index is 11.7. The average molecular weight is 225 g/mol. The van der Waals surface area contributed by atoms with Gasteiger partial charge in [0.2, 0.25) is 0 Å². The number of rotatable bonds is 5. The lowest BCUT2D eigenvalue weighted by atomic mass is 10.1. The molecule has 1 atom stereocenters. The second kappa shape index (κ2) is 5.60. The predicted octanol–water partition coefficient (Wildman–Crippen LogP) is 0.0111. The minimum absolute atomic E-state index is 0.118. The van der Waals surface area contributed by atoms with Crippen LogP contribution in [-0.4, -0.2) is 33.5 Å². The molecule has 90 valence electrons. The molecule has 6 heteroatoms. The molecule has 0 aliphatic carbocycles. The Balaban J connectivity index is 2.59. The van der Waals surface area contributed by atoms with Gasteiger partial charge in [0.15, 0.2) is 5.69 Å². The van der Waals surface area contributed by atoms with Gasteiger partial charge in [-0.05, 0) is 12.8 Å². The van der Waals surface area contributed by atoms with E-state index in [-0.39, 0.29) is 11.9 Å². The molecule has 0 radical (unpaired) electrons. The van der Waals surface area contributed by atoms with Gasteiger partial charge in [0.1, 0.15) is 0 Å². The van der Waals surface area contributed by atoms with E-state index in [4.69, 9.17) is 5.73 Å². The Bertz CT molecular complexity index is 347. The number of carbonyl (C=O) groups excluding carboxylic acids is 1. The lowest BCUT2D eigenvalue weighted by Crippen LogP contribution is -2.36. The maximum Gasteiger partial charge on any atom is 0.273 e. The summed E-state index contributed by atoms with van der Waals surface area (Å²) in [5.41, 5.74) is 5.71. The van der Waals surface area contributed by atoms with Gasteiger partial charge in [0, 0.05) is 12.6 Å². The fourth-order valence-corrected chi connectivity index (χ4v) is 1.09. The monoisotopic (exact) mass is 225 g/mol. The van der Waals surface area contributed by atoms with E-state index in [1.807, 2.05) is 6.92 Å². The van der Waals surface area contributed by atoms with Gasteiger partial charge in [-0.2, -0.15) is 0 Å². The minimum Gasteiger partial charge on any atom is -0.348 e. The highest BCUT2D eigenvalue weighted by atomic mass is 16.2. The summed E-state index contributed by atoms with van der Waals surface area (Å²) in [4.78, 5) is 11.7. The SMILES string of the molecule is CC(C)C(C)NC(=O)c1cn(CCN)nn1. The van der Waals surface area contributed by atoms with E-state index in [1.165, 1.54) is 0 Å². The molecule has 1 amide bonds. The van der Waals surface area contributed by atoms with Crippen molar-refractivity contribution in [2.24, 2.45) is 11.7 Å². The Labute approximate surface area is 95.2 Å². The van der Waals surface area contributed by atoms with E-state index in [2.05, 4.69) is 29.5 Å². The van der Waals surface area contributed by atoms with E-state index in [0.29, 0.717) is 24.7 Å². The molecule has 0 aliphatic heterocycles. The first-order valence-corrected chi connectivity index (χ1v) is 5.45. The smallest absolute Gasteiger partial charge is 0.273 e. The molecular formula is C10H19N5O. The first kappa shape index (κ1) is 12.6. The van der Waals surface area contributed by atoms with Crippen molar-refractivity contribution in [3.05, 3.63) is 11.9 Å². The number of amides is 1. The number of nitrogens with two attached hydrogens (primary N) is 1. The summed E-state index contributed by atoms with van der Waals surface area (Å²) in [7, 11) is 0. The largest absolute Gasteiger partial charge is 0.348 e. The molecule has 0 fully saturated rings. The van der Waals surface area contributed by atoms with Gasteiger partial charge in [0.25, 0.3) is 5.91 Å². The highest BCUT2D eigenvalue weighted by molar-refractivity contribution is 5.92. The molecule has 0 bridgehead atoms. The van der Waals surface area contributed by atoms with Crippen molar-refractivity contribution in [1.29, 1.82) is 0 Å². The Morgan fingerprint density at radius 1 is 1.56 bits per heavy atom. The zero-order valence-electron chi connectivity index (χ0n) is 9.97. The Morgan fingerprint density at radius 2 is 2.25 bits per heavy atom. The Morgan fingerprint density at radius 3 is 2.81 bits per heavy atom. The van der Waals surface area contributed by atoms with E-state index in [9.17, 15) is 4.79 Å². The van der Waals surface area contributed by atoms with Crippen LogP contribution in [0.2, 0.25) is 0 Å². The lowest BCUT2D eigenvalue weighted by molar-refractivity contribution is 0.0925. The number of aromatic nitrogens is 3. The van der Waals surface area contributed by atoms with Crippen molar-refractivity contribution in [3.63, 3.8) is 0 Å². The lowest BCUT2D eigenvalue weighted by Gasteiger charge is -2.16. The molecule has 1 heterocycles. The van der Waals surface area contributed by atoms with Crippen LogP contribution in [0.25, 0.3) is 0 Å². The van der Waals surface area contributed by atoms with Gasteiger partial charge in [-0.1, -0.05) is 19.1 Å². The number of nitrogens with zero attached hydrogens (tertiary/aromatic N) is 3. The van der Waals surface area contributed by atoms with Gasteiger partial charge >= 0.3 is 0 Å². The van der Waals surface area contributed by atoms with Crippen molar-refractivity contribution in [3.8, 4) is 0 Å². The van der Waals surface area contributed by atoms with Crippen LogP contribution in [0.1, 0.15) is 31.3 Å².